The monoisotopic (exact) mass is 355 g/mol. The van der Waals surface area contributed by atoms with Gasteiger partial charge in [-0.3, -0.25) is 4.90 Å². The molecule has 1 fully saturated rings. The van der Waals surface area contributed by atoms with Gasteiger partial charge in [0, 0.05) is 24.2 Å². The minimum Gasteiger partial charge on any atom is -0.338 e. The maximum atomic E-state index is 13.4. The number of hydrogen-bond donors (Lipinski definition) is 0. The van der Waals surface area contributed by atoms with E-state index in [4.69, 9.17) is 4.52 Å². The lowest BCUT2D eigenvalue weighted by Gasteiger charge is -2.20. The molecule has 0 N–H and O–H groups in total. The summed E-state index contributed by atoms with van der Waals surface area (Å²) in [6.07, 6.45) is 5.88. The highest BCUT2D eigenvalue weighted by molar-refractivity contribution is 5.31. The van der Waals surface area contributed by atoms with Gasteiger partial charge < -0.3 is 4.52 Å². The molecular weight excluding hydrogens is 333 g/mol. The van der Waals surface area contributed by atoms with Crippen LogP contribution in [0.1, 0.15) is 55.9 Å². The summed E-state index contributed by atoms with van der Waals surface area (Å²) >= 11 is 0. The first kappa shape index (κ1) is 16.9. The molecule has 1 saturated heterocycles. The molecule has 136 valence electrons. The zero-order valence-electron chi connectivity index (χ0n) is 15.0. The number of aromatic nitrogens is 4. The minimum absolute atomic E-state index is 0.146. The van der Waals surface area contributed by atoms with Gasteiger partial charge in [-0.05, 0) is 37.6 Å². The summed E-state index contributed by atoms with van der Waals surface area (Å²) in [6, 6.07) is 6.57. The first-order valence-electron chi connectivity index (χ1n) is 8.97. The van der Waals surface area contributed by atoms with Crippen molar-refractivity contribution in [3.63, 3.8) is 0 Å². The van der Waals surface area contributed by atoms with Crippen molar-refractivity contribution in [1.29, 1.82) is 0 Å². The predicted octanol–water partition coefficient (Wildman–Crippen LogP) is 3.85. The van der Waals surface area contributed by atoms with E-state index in [1.54, 1.807) is 10.7 Å². The lowest BCUT2D eigenvalue weighted by Crippen LogP contribution is -2.22. The SMILES string of the molecule is CC(C)c1noc(C2CCCN2Cc2cnn(-c3cccc(F)c3)c2)n1. The van der Waals surface area contributed by atoms with Crippen LogP contribution in [0, 0.1) is 5.82 Å². The van der Waals surface area contributed by atoms with Crippen LogP contribution >= 0.6 is 0 Å². The zero-order chi connectivity index (χ0) is 18.1. The fourth-order valence-electron chi connectivity index (χ4n) is 3.35. The predicted molar refractivity (Wildman–Crippen MR) is 94.3 cm³/mol. The molecule has 2 aromatic heterocycles. The van der Waals surface area contributed by atoms with E-state index >= 15 is 0 Å². The summed E-state index contributed by atoms with van der Waals surface area (Å²) < 4.78 is 20.6. The first-order valence-corrected chi connectivity index (χ1v) is 8.97. The van der Waals surface area contributed by atoms with Crippen molar-refractivity contribution >= 4 is 0 Å². The first-order chi connectivity index (χ1) is 12.6. The molecule has 0 aliphatic carbocycles. The third-order valence-electron chi connectivity index (χ3n) is 4.72. The second-order valence-corrected chi connectivity index (χ2v) is 7.05. The minimum atomic E-state index is -0.267. The number of hydrogen-bond acceptors (Lipinski definition) is 5. The van der Waals surface area contributed by atoms with Gasteiger partial charge in [0.2, 0.25) is 5.89 Å². The molecule has 0 bridgehead atoms. The molecular formula is C19H22FN5O. The largest absolute Gasteiger partial charge is 0.338 e. The Morgan fingerprint density at radius 3 is 3.00 bits per heavy atom. The van der Waals surface area contributed by atoms with Crippen molar-refractivity contribution in [2.24, 2.45) is 0 Å². The van der Waals surface area contributed by atoms with Crippen LogP contribution in [0.3, 0.4) is 0 Å². The highest BCUT2D eigenvalue weighted by Crippen LogP contribution is 2.32. The number of halogens is 1. The van der Waals surface area contributed by atoms with Gasteiger partial charge in [-0.1, -0.05) is 25.1 Å². The molecule has 26 heavy (non-hydrogen) atoms. The zero-order valence-corrected chi connectivity index (χ0v) is 15.0. The van der Waals surface area contributed by atoms with Crippen LogP contribution < -0.4 is 0 Å². The summed E-state index contributed by atoms with van der Waals surface area (Å²) in [5.74, 6) is 1.44. The average Bonchev–Trinajstić information content (AvgIpc) is 3.35. The number of rotatable bonds is 5. The molecule has 1 aromatic carbocycles. The second kappa shape index (κ2) is 6.99. The Hall–Kier alpha value is -2.54. The molecule has 0 amide bonds. The molecule has 4 rings (SSSR count). The topological polar surface area (TPSA) is 60.0 Å². The molecule has 1 unspecified atom stereocenters. The van der Waals surface area contributed by atoms with Crippen LogP contribution in [0.4, 0.5) is 4.39 Å². The van der Waals surface area contributed by atoms with Gasteiger partial charge in [-0.2, -0.15) is 10.1 Å². The summed E-state index contributed by atoms with van der Waals surface area (Å²) in [7, 11) is 0. The molecule has 1 aliphatic rings. The van der Waals surface area contributed by atoms with Crippen molar-refractivity contribution in [2.45, 2.75) is 45.2 Å². The summed E-state index contributed by atoms with van der Waals surface area (Å²) in [5, 5.41) is 8.46. The molecule has 0 radical (unpaired) electrons. The second-order valence-electron chi connectivity index (χ2n) is 7.05. The van der Waals surface area contributed by atoms with Crippen LogP contribution in [-0.4, -0.2) is 31.4 Å². The molecule has 3 heterocycles. The number of benzene rings is 1. The van der Waals surface area contributed by atoms with Crippen LogP contribution in [0.2, 0.25) is 0 Å². The van der Waals surface area contributed by atoms with Crippen LogP contribution in [0.25, 0.3) is 5.69 Å². The Balaban J connectivity index is 1.49. The lowest BCUT2D eigenvalue weighted by atomic mass is 10.2. The molecule has 1 atom stereocenters. The van der Waals surface area contributed by atoms with Crippen LogP contribution in [0.5, 0.6) is 0 Å². The van der Waals surface area contributed by atoms with E-state index < -0.39 is 0 Å². The van der Waals surface area contributed by atoms with Gasteiger partial charge in [0.25, 0.3) is 0 Å². The quantitative estimate of drug-likeness (QED) is 0.696. The van der Waals surface area contributed by atoms with Gasteiger partial charge >= 0.3 is 0 Å². The third kappa shape index (κ3) is 3.39. The molecule has 1 aliphatic heterocycles. The van der Waals surface area contributed by atoms with E-state index in [9.17, 15) is 4.39 Å². The third-order valence-corrected chi connectivity index (χ3v) is 4.72. The van der Waals surface area contributed by atoms with Crippen molar-refractivity contribution in [2.75, 3.05) is 6.54 Å². The Morgan fingerprint density at radius 2 is 2.23 bits per heavy atom. The van der Waals surface area contributed by atoms with E-state index in [2.05, 4.69) is 34.0 Å². The Kier molecular flexibility index (Phi) is 4.55. The smallest absolute Gasteiger partial charge is 0.244 e. The van der Waals surface area contributed by atoms with Gasteiger partial charge in [0.05, 0.1) is 17.9 Å². The highest BCUT2D eigenvalue weighted by atomic mass is 19.1. The van der Waals surface area contributed by atoms with Gasteiger partial charge in [0.1, 0.15) is 5.82 Å². The highest BCUT2D eigenvalue weighted by Gasteiger charge is 2.31. The van der Waals surface area contributed by atoms with Gasteiger partial charge in [-0.25, -0.2) is 9.07 Å². The van der Waals surface area contributed by atoms with Crippen molar-refractivity contribution in [1.82, 2.24) is 24.8 Å². The van der Waals surface area contributed by atoms with Gasteiger partial charge in [-0.15, -0.1) is 0 Å². The Labute approximate surface area is 151 Å². The van der Waals surface area contributed by atoms with E-state index in [1.807, 2.05) is 18.5 Å². The fourth-order valence-corrected chi connectivity index (χ4v) is 3.35. The maximum absolute atomic E-state index is 13.4. The van der Waals surface area contributed by atoms with E-state index in [1.165, 1.54) is 12.1 Å². The Bertz CT molecular complexity index is 887. The van der Waals surface area contributed by atoms with E-state index in [0.717, 1.165) is 37.3 Å². The lowest BCUT2D eigenvalue weighted by molar-refractivity contribution is 0.201. The summed E-state index contributed by atoms with van der Waals surface area (Å²) in [6.45, 7) is 5.85. The average molecular weight is 355 g/mol. The molecule has 3 aromatic rings. The normalized spacial score (nSPS) is 18.1. The van der Waals surface area contributed by atoms with Crippen molar-refractivity contribution < 1.29 is 8.91 Å². The molecule has 6 nitrogen and oxygen atoms in total. The van der Waals surface area contributed by atoms with Crippen molar-refractivity contribution in [3.8, 4) is 5.69 Å². The van der Waals surface area contributed by atoms with E-state index in [0.29, 0.717) is 11.6 Å². The number of likely N-dealkylation sites (tertiary alicyclic amines) is 1. The standard InChI is InChI=1S/C19H22FN5O/c1-13(2)18-22-19(26-23-18)17-7-4-8-24(17)11-14-10-21-25(12-14)16-6-3-5-15(20)9-16/h3,5-6,9-10,12-13,17H,4,7-8,11H2,1-2H3. The Morgan fingerprint density at radius 1 is 1.35 bits per heavy atom. The molecule has 7 heteroatoms. The maximum Gasteiger partial charge on any atom is 0.244 e. The van der Waals surface area contributed by atoms with Crippen LogP contribution in [-0.2, 0) is 6.54 Å². The van der Waals surface area contributed by atoms with E-state index in [-0.39, 0.29) is 17.8 Å². The van der Waals surface area contributed by atoms with Gasteiger partial charge in [0.15, 0.2) is 5.82 Å². The van der Waals surface area contributed by atoms with Crippen molar-refractivity contribution in [3.05, 3.63) is 59.8 Å². The number of nitrogens with zero attached hydrogens (tertiary/aromatic N) is 5. The fraction of sp³-hybridized carbons (Fsp3) is 0.421. The molecule has 0 spiro atoms. The summed E-state index contributed by atoms with van der Waals surface area (Å²) in [5.41, 5.74) is 1.79. The summed E-state index contributed by atoms with van der Waals surface area (Å²) in [4.78, 5) is 6.90. The van der Waals surface area contributed by atoms with Crippen LogP contribution in [0.15, 0.2) is 41.2 Å². The molecule has 0 saturated carbocycles.